The summed E-state index contributed by atoms with van der Waals surface area (Å²) >= 11 is 0. The number of carbonyl (C=O) groups excluding carboxylic acids is 3. The second-order valence-electron chi connectivity index (χ2n) is 5.77. The lowest BCUT2D eigenvalue weighted by molar-refractivity contribution is -0.158. The van der Waals surface area contributed by atoms with Crippen LogP contribution < -0.4 is 16.4 Å². The number of carbonyl (C=O) groups is 3. The Kier molecular flexibility index (Phi) is 8.48. The Morgan fingerprint density at radius 3 is 2.46 bits per heavy atom. The average Bonchev–Trinajstić information content (AvgIpc) is 2.74. The van der Waals surface area contributed by atoms with Gasteiger partial charge in [-0.3, -0.25) is 14.4 Å². The largest absolute Gasteiger partial charge is 0.406 e. The van der Waals surface area contributed by atoms with Crippen LogP contribution in [0.4, 0.5) is 13.2 Å². The molecule has 0 spiro atoms. The Morgan fingerprint density at radius 2 is 1.96 bits per heavy atom. The molecule has 2 atom stereocenters. The second kappa shape index (κ2) is 9.07. The van der Waals surface area contributed by atoms with Gasteiger partial charge in [-0.1, -0.05) is 13.8 Å². The van der Waals surface area contributed by atoms with E-state index in [1.807, 2.05) is 0 Å². The molecule has 0 aromatic carbocycles. The Bertz CT molecular complexity index is 474. The summed E-state index contributed by atoms with van der Waals surface area (Å²) in [6.45, 7) is 1.70. The van der Waals surface area contributed by atoms with Gasteiger partial charge in [0, 0.05) is 6.54 Å². The van der Waals surface area contributed by atoms with Gasteiger partial charge < -0.3 is 21.3 Å². The van der Waals surface area contributed by atoms with Crippen molar-refractivity contribution in [3.63, 3.8) is 0 Å². The van der Waals surface area contributed by atoms with E-state index in [9.17, 15) is 27.6 Å². The maximum absolute atomic E-state index is 12.3. The third-order valence-corrected chi connectivity index (χ3v) is 3.45. The zero-order valence-corrected chi connectivity index (χ0v) is 14.2. The number of amides is 3. The van der Waals surface area contributed by atoms with E-state index in [0.717, 1.165) is 0 Å². The van der Waals surface area contributed by atoms with Crippen LogP contribution >= 0.6 is 12.4 Å². The van der Waals surface area contributed by atoms with Crippen molar-refractivity contribution in [3.05, 3.63) is 0 Å². The topological polar surface area (TPSA) is 105 Å². The van der Waals surface area contributed by atoms with Crippen molar-refractivity contribution in [2.24, 2.45) is 11.7 Å². The van der Waals surface area contributed by atoms with Crippen molar-refractivity contribution in [3.8, 4) is 0 Å². The average molecular weight is 375 g/mol. The molecule has 1 aliphatic rings. The van der Waals surface area contributed by atoms with Crippen molar-refractivity contribution >= 4 is 30.1 Å². The molecule has 0 saturated carbocycles. The fraction of sp³-hybridized carbons (Fsp3) is 0.769. The molecule has 140 valence electrons. The molecule has 1 unspecified atom stereocenters. The number of nitrogens with zero attached hydrogens (tertiary/aromatic N) is 1. The molecule has 0 bridgehead atoms. The van der Waals surface area contributed by atoms with E-state index in [1.54, 1.807) is 13.8 Å². The van der Waals surface area contributed by atoms with E-state index in [4.69, 9.17) is 5.73 Å². The lowest BCUT2D eigenvalue weighted by atomic mass is 10.1. The highest BCUT2D eigenvalue weighted by molar-refractivity contribution is 5.91. The summed E-state index contributed by atoms with van der Waals surface area (Å²) in [5.41, 5.74) is 5.60. The Hall–Kier alpha value is -1.55. The molecule has 0 aromatic rings. The fourth-order valence-electron chi connectivity index (χ4n) is 2.08. The van der Waals surface area contributed by atoms with Gasteiger partial charge in [-0.2, -0.15) is 13.2 Å². The maximum atomic E-state index is 12.3. The first kappa shape index (κ1) is 22.4. The number of alkyl halides is 3. The zero-order valence-electron chi connectivity index (χ0n) is 13.4. The molecule has 0 aromatic heterocycles. The minimum absolute atomic E-state index is 0. The summed E-state index contributed by atoms with van der Waals surface area (Å²) in [6, 6.07) is -1.77. The van der Waals surface area contributed by atoms with Gasteiger partial charge in [-0.25, -0.2) is 0 Å². The number of halogens is 4. The third-order valence-electron chi connectivity index (χ3n) is 3.45. The number of nitrogens with two attached hydrogens (primary N) is 1. The maximum Gasteiger partial charge on any atom is 0.406 e. The molecule has 4 N–H and O–H groups in total. The third kappa shape index (κ3) is 6.91. The van der Waals surface area contributed by atoms with E-state index in [0.29, 0.717) is 4.90 Å². The smallest absolute Gasteiger partial charge is 0.346 e. The lowest BCUT2D eigenvalue weighted by Crippen LogP contribution is -2.50. The summed E-state index contributed by atoms with van der Waals surface area (Å²) in [5, 5.41) is 4.64. The van der Waals surface area contributed by atoms with Gasteiger partial charge in [-0.15, -0.1) is 12.4 Å². The van der Waals surface area contributed by atoms with E-state index >= 15 is 0 Å². The van der Waals surface area contributed by atoms with Crippen LogP contribution in [-0.4, -0.2) is 60.5 Å². The predicted octanol–water partition coefficient (Wildman–Crippen LogP) is -0.213. The van der Waals surface area contributed by atoms with Gasteiger partial charge in [0.2, 0.25) is 17.7 Å². The minimum atomic E-state index is -4.48. The van der Waals surface area contributed by atoms with Crippen LogP contribution in [0.1, 0.15) is 20.3 Å². The van der Waals surface area contributed by atoms with Crippen molar-refractivity contribution in [1.82, 2.24) is 15.5 Å². The number of hydrogen-bond donors (Lipinski definition) is 3. The van der Waals surface area contributed by atoms with Gasteiger partial charge in [0.1, 0.15) is 12.6 Å². The summed E-state index contributed by atoms with van der Waals surface area (Å²) in [4.78, 5) is 35.7. The number of hydrogen-bond acceptors (Lipinski definition) is 4. The molecule has 1 aliphatic heterocycles. The molecule has 0 aliphatic carbocycles. The zero-order chi connectivity index (χ0) is 17.8. The van der Waals surface area contributed by atoms with Crippen molar-refractivity contribution in [2.45, 2.75) is 38.5 Å². The van der Waals surface area contributed by atoms with Crippen LogP contribution in [0.5, 0.6) is 0 Å². The molecule has 0 radical (unpaired) electrons. The fourth-order valence-corrected chi connectivity index (χ4v) is 2.08. The van der Waals surface area contributed by atoms with Gasteiger partial charge in [0.25, 0.3) is 0 Å². The minimum Gasteiger partial charge on any atom is -0.346 e. The SMILES string of the molecule is CC(C)[C@H](N)C(=O)NCC(=O)NC1CCN(CC(F)(F)F)C1=O.Cl. The summed E-state index contributed by atoms with van der Waals surface area (Å²) in [5.74, 6) is -2.04. The Morgan fingerprint density at radius 1 is 1.38 bits per heavy atom. The molecule has 24 heavy (non-hydrogen) atoms. The second-order valence-corrected chi connectivity index (χ2v) is 5.77. The van der Waals surface area contributed by atoms with E-state index in [2.05, 4.69) is 10.6 Å². The van der Waals surface area contributed by atoms with Gasteiger partial charge >= 0.3 is 6.18 Å². The summed E-state index contributed by atoms with van der Waals surface area (Å²) in [6.07, 6.45) is -4.38. The molecule has 3 amide bonds. The molecule has 1 fully saturated rings. The summed E-state index contributed by atoms with van der Waals surface area (Å²) < 4.78 is 36.8. The molecule has 1 heterocycles. The van der Waals surface area contributed by atoms with Crippen LogP contribution in [0, 0.1) is 5.92 Å². The standard InChI is InChI=1S/C13H21F3N4O3.ClH/c1-7(2)10(17)11(22)18-5-9(21)19-8-3-4-20(12(8)23)6-13(14,15)16;/h7-8,10H,3-6,17H2,1-2H3,(H,18,22)(H,19,21);1H/t8?,10-;/m0./s1. The molecular formula is C13H22ClF3N4O3. The molecule has 11 heteroatoms. The van der Waals surface area contributed by atoms with E-state index in [-0.39, 0.29) is 37.8 Å². The first-order chi connectivity index (χ1) is 10.5. The van der Waals surface area contributed by atoms with Crippen molar-refractivity contribution in [1.29, 1.82) is 0 Å². The molecule has 1 saturated heterocycles. The predicted molar refractivity (Wildman–Crippen MR) is 82.3 cm³/mol. The van der Waals surface area contributed by atoms with Gasteiger partial charge in [0.15, 0.2) is 0 Å². The highest BCUT2D eigenvalue weighted by atomic mass is 35.5. The van der Waals surface area contributed by atoms with Crippen molar-refractivity contribution < 1.29 is 27.6 Å². The normalized spacial score (nSPS) is 19.0. The van der Waals surface area contributed by atoms with Crippen LogP contribution in [0.3, 0.4) is 0 Å². The number of likely N-dealkylation sites (tertiary alicyclic amines) is 1. The van der Waals surface area contributed by atoms with Gasteiger partial charge in [-0.05, 0) is 12.3 Å². The number of nitrogens with one attached hydrogen (secondary N) is 2. The van der Waals surface area contributed by atoms with Crippen molar-refractivity contribution in [2.75, 3.05) is 19.6 Å². The monoisotopic (exact) mass is 374 g/mol. The van der Waals surface area contributed by atoms with Crippen LogP contribution in [0.15, 0.2) is 0 Å². The molecular weight excluding hydrogens is 353 g/mol. The summed E-state index contributed by atoms with van der Waals surface area (Å²) in [7, 11) is 0. The first-order valence-electron chi connectivity index (χ1n) is 7.19. The van der Waals surface area contributed by atoms with Crippen LogP contribution in [-0.2, 0) is 14.4 Å². The highest BCUT2D eigenvalue weighted by Gasteiger charge is 2.39. The quantitative estimate of drug-likeness (QED) is 0.598. The van der Waals surface area contributed by atoms with Crippen LogP contribution in [0.2, 0.25) is 0 Å². The van der Waals surface area contributed by atoms with Crippen LogP contribution in [0.25, 0.3) is 0 Å². The van der Waals surface area contributed by atoms with Gasteiger partial charge in [0.05, 0.1) is 12.6 Å². The van der Waals surface area contributed by atoms with E-state index < -0.39 is 42.5 Å². The Balaban J connectivity index is 0.00000529. The Labute approximate surface area is 143 Å². The molecule has 7 nitrogen and oxygen atoms in total. The number of rotatable bonds is 6. The van der Waals surface area contributed by atoms with E-state index in [1.165, 1.54) is 0 Å². The highest BCUT2D eigenvalue weighted by Crippen LogP contribution is 2.20. The first-order valence-corrected chi connectivity index (χ1v) is 7.19. The molecule has 1 rings (SSSR count). The lowest BCUT2D eigenvalue weighted by Gasteiger charge is -2.19.